The van der Waals surface area contributed by atoms with Gasteiger partial charge in [0.2, 0.25) is 0 Å². The summed E-state index contributed by atoms with van der Waals surface area (Å²) >= 11 is 0. The first kappa shape index (κ1) is 13.6. The highest BCUT2D eigenvalue weighted by molar-refractivity contribution is 5.74. The lowest BCUT2D eigenvalue weighted by molar-refractivity contribution is 0.0382. The van der Waals surface area contributed by atoms with Crippen LogP contribution in [-0.4, -0.2) is 79.8 Å². The minimum Gasteiger partial charge on any atom is -0.378 e. The van der Waals surface area contributed by atoms with Crippen molar-refractivity contribution in [1.29, 1.82) is 0 Å². The highest BCUT2D eigenvalue weighted by Crippen LogP contribution is 2.16. The molecule has 0 aromatic rings. The van der Waals surface area contributed by atoms with Gasteiger partial charge in [-0.25, -0.2) is 4.79 Å². The fraction of sp³-hybridized carbons (Fsp3) is 0.923. The molecule has 5 nitrogen and oxygen atoms in total. The molecule has 104 valence electrons. The van der Waals surface area contributed by atoms with Crippen molar-refractivity contribution >= 4 is 6.03 Å². The number of carbonyl (C=O) groups is 1. The van der Waals surface area contributed by atoms with Gasteiger partial charge in [-0.2, -0.15) is 0 Å². The predicted molar refractivity (Wildman–Crippen MR) is 70.7 cm³/mol. The zero-order chi connectivity index (χ0) is 13.0. The van der Waals surface area contributed by atoms with Crippen LogP contribution < -0.4 is 0 Å². The van der Waals surface area contributed by atoms with E-state index in [-0.39, 0.29) is 6.03 Å². The first-order chi connectivity index (χ1) is 8.72. The van der Waals surface area contributed by atoms with Crippen LogP contribution in [0.25, 0.3) is 0 Å². The Morgan fingerprint density at radius 2 is 1.83 bits per heavy atom. The first-order valence-corrected chi connectivity index (χ1v) is 7.04. The number of carbonyl (C=O) groups excluding carboxylic acids is 1. The number of piperidine rings is 1. The third-order valence-corrected chi connectivity index (χ3v) is 4.14. The molecule has 0 radical (unpaired) electrons. The van der Waals surface area contributed by atoms with Crippen LogP contribution >= 0.6 is 0 Å². The number of urea groups is 1. The highest BCUT2D eigenvalue weighted by atomic mass is 16.5. The lowest BCUT2D eigenvalue weighted by Crippen LogP contribution is -2.52. The van der Waals surface area contributed by atoms with Crippen LogP contribution in [0.2, 0.25) is 0 Å². The first-order valence-electron chi connectivity index (χ1n) is 7.04. The van der Waals surface area contributed by atoms with Gasteiger partial charge < -0.3 is 19.4 Å². The van der Waals surface area contributed by atoms with Gasteiger partial charge in [0.15, 0.2) is 0 Å². The van der Waals surface area contributed by atoms with E-state index in [0.717, 1.165) is 45.6 Å². The molecule has 2 aliphatic heterocycles. The van der Waals surface area contributed by atoms with Crippen molar-refractivity contribution in [3.8, 4) is 0 Å². The van der Waals surface area contributed by atoms with Crippen molar-refractivity contribution in [3.63, 3.8) is 0 Å². The summed E-state index contributed by atoms with van der Waals surface area (Å²) in [4.78, 5) is 18.6. The average Bonchev–Trinajstić information content (AvgIpc) is 2.47. The lowest BCUT2D eigenvalue weighted by atomic mass is 10.0. The number of amides is 2. The van der Waals surface area contributed by atoms with Gasteiger partial charge in [0.25, 0.3) is 0 Å². The summed E-state index contributed by atoms with van der Waals surface area (Å²) < 4.78 is 5.28. The largest absolute Gasteiger partial charge is 0.378 e. The molecule has 0 aromatic carbocycles. The quantitative estimate of drug-likeness (QED) is 0.734. The van der Waals surface area contributed by atoms with E-state index in [4.69, 9.17) is 4.74 Å². The number of hydrogen-bond acceptors (Lipinski definition) is 3. The van der Waals surface area contributed by atoms with Crippen LogP contribution in [-0.2, 0) is 4.74 Å². The number of hydrogen-bond donors (Lipinski definition) is 0. The summed E-state index contributed by atoms with van der Waals surface area (Å²) in [5.74, 6) is 0. The highest BCUT2D eigenvalue weighted by Gasteiger charge is 2.28. The molecule has 0 aromatic heterocycles. The Morgan fingerprint density at radius 1 is 1.22 bits per heavy atom. The number of nitrogens with zero attached hydrogens (tertiary/aromatic N) is 3. The third-order valence-electron chi connectivity index (χ3n) is 4.14. The number of likely N-dealkylation sites (tertiary alicyclic amines) is 1. The Kier molecular flexibility index (Phi) is 4.83. The fourth-order valence-corrected chi connectivity index (χ4v) is 2.76. The zero-order valence-electron chi connectivity index (χ0n) is 11.6. The molecule has 2 heterocycles. The van der Waals surface area contributed by atoms with Gasteiger partial charge in [-0.3, -0.25) is 0 Å². The molecule has 0 atom stereocenters. The smallest absolute Gasteiger partial charge is 0.320 e. The van der Waals surface area contributed by atoms with Gasteiger partial charge in [-0.1, -0.05) is 6.92 Å². The molecule has 0 spiro atoms. The molecule has 18 heavy (non-hydrogen) atoms. The Bertz CT molecular complexity index is 271. The van der Waals surface area contributed by atoms with Crippen LogP contribution in [0.5, 0.6) is 0 Å². The zero-order valence-corrected chi connectivity index (χ0v) is 11.6. The SMILES string of the molecule is CCN1CCC(N(C)C(=O)N2CCOCC2)CC1. The summed E-state index contributed by atoms with van der Waals surface area (Å²) in [6, 6.07) is 0.580. The summed E-state index contributed by atoms with van der Waals surface area (Å²) in [5.41, 5.74) is 0. The molecule has 0 saturated carbocycles. The van der Waals surface area contributed by atoms with E-state index in [2.05, 4.69) is 11.8 Å². The van der Waals surface area contributed by atoms with Crippen molar-refractivity contribution in [2.45, 2.75) is 25.8 Å². The Hall–Kier alpha value is -0.810. The van der Waals surface area contributed by atoms with Gasteiger partial charge in [-0.05, 0) is 19.4 Å². The molecule has 2 rings (SSSR count). The fourth-order valence-electron chi connectivity index (χ4n) is 2.76. The summed E-state index contributed by atoms with van der Waals surface area (Å²) in [7, 11) is 1.95. The second-order valence-electron chi connectivity index (χ2n) is 5.16. The predicted octanol–water partition coefficient (Wildman–Crippen LogP) is 0.855. The van der Waals surface area contributed by atoms with Crippen LogP contribution in [0.3, 0.4) is 0 Å². The Labute approximate surface area is 110 Å². The molecule has 2 amide bonds. The van der Waals surface area contributed by atoms with Crippen molar-refractivity contribution in [2.24, 2.45) is 0 Å². The standard InChI is InChI=1S/C13H25N3O2/c1-3-15-6-4-12(5-7-15)14(2)13(17)16-8-10-18-11-9-16/h12H,3-11H2,1-2H3. The third kappa shape index (κ3) is 3.14. The van der Waals surface area contributed by atoms with Crippen LogP contribution in [0.4, 0.5) is 4.79 Å². The average molecular weight is 255 g/mol. The lowest BCUT2D eigenvalue weighted by Gasteiger charge is -2.39. The minimum absolute atomic E-state index is 0.174. The molecular weight excluding hydrogens is 230 g/mol. The van der Waals surface area contributed by atoms with Gasteiger partial charge >= 0.3 is 6.03 Å². The number of rotatable bonds is 2. The second kappa shape index (κ2) is 6.38. The summed E-state index contributed by atoms with van der Waals surface area (Å²) in [6.07, 6.45) is 2.20. The molecule has 0 aliphatic carbocycles. The van der Waals surface area contributed by atoms with E-state index >= 15 is 0 Å². The van der Waals surface area contributed by atoms with E-state index in [1.165, 1.54) is 0 Å². The molecule has 5 heteroatoms. The van der Waals surface area contributed by atoms with Crippen LogP contribution in [0.15, 0.2) is 0 Å². The molecule has 0 N–H and O–H groups in total. The Balaban J connectivity index is 1.83. The van der Waals surface area contributed by atoms with Crippen LogP contribution in [0, 0.1) is 0 Å². The topological polar surface area (TPSA) is 36.0 Å². The van der Waals surface area contributed by atoms with E-state index in [0.29, 0.717) is 19.3 Å². The molecule has 2 fully saturated rings. The van der Waals surface area contributed by atoms with Gasteiger partial charge in [-0.15, -0.1) is 0 Å². The Morgan fingerprint density at radius 3 is 2.39 bits per heavy atom. The van der Waals surface area contributed by atoms with E-state index in [1.807, 2.05) is 16.8 Å². The second-order valence-corrected chi connectivity index (χ2v) is 5.16. The van der Waals surface area contributed by atoms with Gasteiger partial charge in [0.05, 0.1) is 13.2 Å². The van der Waals surface area contributed by atoms with Crippen molar-refractivity contribution in [1.82, 2.24) is 14.7 Å². The minimum atomic E-state index is 0.174. The maximum absolute atomic E-state index is 12.3. The van der Waals surface area contributed by atoms with Gasteiger partial charge in [0.1, 0.15) is 0 Å². The number of morpholine rings is 1. The van der Waals surface area contributed by atoms with Crippen molar-refractivity contribution in [3.05, 3.63) is 0 Å². The molecule has 0 bridgehead atoms. The maximum atomic E-state index is 12.3. The van der Waals surface area contributed by atoms with Crippen LogP contribution in [0.1, 0.15) is 19.8 Å². The molecule has 2 saturated heterocycles. The normalized spacial score (nSPS) is 23.1. The summed E-state index contributed by atoms with van der Waals surface area (Å²) in [6.45, 7) is 8.36. The summed E-state index contributed by atoms with van der Waals surface area (Å²) in [5, 5.41) is 0. The van der Waals surface area contributed by atoms with Gasteiger partial charge in [0, 0.05) is 39.3 Å². The molecule has 0 unspecified atom stereocenters. The maximum Gasteiger partial charge on any atom is 0.320 e. The van der Waals surface area contributed by atoms with Crippen molar-refractivity contribution < 1.29 is 9.53 Å². The van der Waals surface area contributed by atoms with E-state index in [1.54, 1.807) is 0 Å². The van der Waals surface area contributed by atoms with E-state index < -0.39 is 0 Å². The molecule has 2 aliphatic rings. The number of ether oxygens (including phenoxy) is 1. The molecular formula is C13H25N3O2. The van der Waals surface area contributed by atoms with E-state index in [9.17, 15) is 4.79 Å². The van der Waals surface area contributed by atoms with Crippen molar-refractivity contribution in [2.75, 3.05) is 53.0 Å². The monoisotopic (exact) mass is 255 g/mol.